The van der Waals surface area contributed by atoms with Gasteiger partial charge < -0.3 is 14.5 Å². The van der Waals surface area contributed by atoms with Crippen LogP contribution < -0.4 is 10.1 Å². The molecule has 1 aromatic heterocycles. The van der Waals surface area contributed by atoms with Crippen LogP contribution in [0.3, 0.4) is 0 Å². The van der Waals surface area contributed by atoms with Crippen molar-refractivity contribution in [2.24, 2.45) is 0 Å². The summed E-state index contributed by atoms with van der Waals surface area (Å²) in [4.78, 5) is 0. The molecule has 0 saturated heterocycles. The number of ether oxygens (including phenoxy) is 1. The average molecular weight is 370 g/mol. The van der Waals surface area contributed by atoms with E-state index < -0.39 is 0 Å². The first-order valence-electron chi connectivity index (χ1n) is 8.84. The fourth-order valence-electron chi connectivity index (χ4n) is 3.21. The Morgan fingerprint density at radius 2 is 1.81 bits per heavy atom. The SMILES string of the molecule is COc1ccccc1[C@@H](CCN[C@H](C)c1ccc(Cl)cc1)c1ccco1. The van der Waals surface area contributed by atoms with Crippen molar-refractivity contribution in [3.8, 4) is 5.75 Å². The lowest BCUT2D eigenvalue weighted by molar-refractivity contribution is 0.397. The van der Waals surface area contributed by atoms with Gasteiger partial charge in [-0.1, -0.05) is 41.9 Å². The summed E-state index contributed by atoms with van der Waals surface area (Å²) in [5.41, 5.74) is 2.37. The molecule has 1 N–H and O–H groups in total. The number of nitrogens with one attached hydrogen (secondary N) is 1. The number of benzene rings is 2. The molecule has 0 amide bonds. The molecule has 136 valence electrons. The molecule has 0 radical (unpaired) electrons. The molecular formula is C22H24ClNO2. The van der Waals surface area contributed by atoms with Crippen LogP contribution in [0.4, 0.5) is 0 Å². The molecule has 0 unspecified atom stereocenters. The second-order valence-corrected chi connectivity index (χ2v) is 6.76. The van der Waals surface area contributed by atoms with Gasteiger partial charge in [0.25, 0.3) is 0 Å². The van der Waals surface area contributed by atoms with Crippen LogP contribution in [0.15, 0.2) is 71.3 Å². The molecule has 0 fully saturated rings. The fraction of sp³-hybridized carbons (Fsp3) is 0.273. The van der Waals surface area contributed by atoms with E-state index >= 15 is 0 Å². The van der Waals surface area contributed by atoms with Gasteiger partial charge in [-0.05, 0) is 55.8 Å². The summed E-state index contributed by atoms with van der Waals surface area (Å²) in [6, 6.07) is 20.3. The van der Waals surface area contributed by atoms with Gasteiger partial charge in [-0.15, -0.1) is 0 Å². The zero-order valence-corrected chi connectivity index (χ0v) is 15.9. The zero-order valence-electron chi connectivity index (χ0n) is 15.1. The maximum absolute atomic E-state index is 5.97. The molecule has 0 saturated carbocycles. The molecule has 3 rings (SSSR count). The number of hydrogen-bond acceptors (Lipinski definition) is 3. The van der Waals surface area contributed by atoms with E-state index in [0.717, 1.165) is 35.1 Å². The summed E-state index contributed by atoms with van der Waals surface area (Å²) in [5, 5.41) is 4.35. The molecule has 2 atom stereocenters. The van der Waals surface area contributed by atoms with Crippen LogP contribution in [0, 0.1) is 0 Å². The average Bonchev–Trinajstić information content (AvgIpc) is 3.20. The Morgan fingerprint density at radius 3 is 2.50 bits per heavy atom. The Morgan fingerprint density at radius 1 is 1.04 bits per heavy atom. The third-order valence-electron chi connectivity index (χ3n) is 4.65. The minimum atomic E-state index is 0.145. The van der Waals surface area contributed by atoms with Crippen molar-refractivity contribution in [1.82, 2.24) is 5.32 Å². The van der Waals surface area contributed by atoms with Gasteiger partial charge in [0.05, 0.1) is 13.4 Å². The minimum absolute atomic E-state index is 0.145. The van der Waals surface area contributed by atoms with Gasteiger partial charge in [0.2, 0.25) is 0 Å². The van der Waals surface area contributed by atoms with Crippen molar-refractivity contribution >= 4 is 11.6 Å². The topological polar surface area (TPSA) is 34.4 Å². The third-order valence-corrected chi connectivity index (χ3v) is 4.91. The molecule has 1 heterocycles. The van der Waals surface area contributed by atoms with E-state index in [2.05, 4.69) is 30.4 Å². The van der Waals surface area contributed by atoms with Crippen molar-refractivity contribution in [2.45, 2.75) is 25.3 Å². The van der Waals surface area contributed by atoms with E-state index in [1.165, 1.54) is 5.56 Å². The van der Waals surface area contributed by atoms with Gasteiger partial charge in [0.1, 0.15) is 11.5 Å². The predicted molar refractivity (Wildman–Crippen MR) is 106 cm³/mol. The van der Waals surface area contributed by atoms with Crippen molar-refractivity contribution in [3.63, 3.8) is 0 Å². The van der Waals surface area contributed by atoms with Crippen LogP contribution in [-0.2, 0) is 0 Å². The molecule has 3 aromatic rings. The van der Waals surface area contributed by atoms with Crippen molar-refractivity contribution in [3.05, 3.63) is 88.8 Å². The Bertz CT molecular complexity index is 799. The Hall–Kier alpha value is -2.23. The van der Waals surface area contributed by atoms with Crippen LogP contribution in [-0.4, -0.2) is 13.7 Å². The van der Waals surface area contributed by atoms with Crippen LogP contribution in [0.5, 0.6) is 5.75 Å². The van der Waals surface area contributed by atoms with Gasteiger partial charge in [-0.25, -0.2) is 0 Å². The standard InChI is InChI=1S/C22H24ClNO2/c1-16(17-9-11-18(23)12-10-17)24-14-13-20(22-8-5-15-26-22)19-6-3-4-7-21(19)25-2/h3-12,15-16,20,24H,13-14H2,1-2H3/t16-,20-/m1/s1. The normalized spacial score (nSPS) is 13.3. The summed E-state index contributed by atoms with van der Waals surface area (Å²) < 4.78 is 11.3. The van der Waals surface area contributed by atoms with E-state index in [4.69, 9.17) is 20.8 Å². The molecule has 2 aromatic carbocycles. The lowest BCUT2D eigenvalue weighted by Gasteiger charge is -2.20. The maximum atomic E-state index is 5.97. The van der Waals surface area contributed by atoms with Crippen LogP contribution in [0.25, 0.3) is 0 Å². The highest BCUT2D eigenvalue weighted by molar-refractivity contribution is 6.30. The summed E-state index contributed by atoms with van der Waals surface area (Å²) in [7, 11) is 1.71. The Kier molecular flexibility index (Phi) is 6.37. The Balaban J connectivity index is 1.70. The number of rotatable bonds is 8. The Labute approximate surface area is 159 Å². The molecular weight excluding hydrogens is 346 g/mol. The van der Waals surface area contributed by atoms with Gasteiger partial charge in [0.15, 0.2) is 0 Å². The second-order valence-electron chi connectivity index (χ2n) is 6.33. The highest BCUT2D eigenvalue weighted by Gasteiger charge is 2.20. The molecule has 0 aliphatic rings. The number of methoxy groups -OCH3 is 1. The fourth-order valence-corrected chi connectivity index (χ4v) is 3.33. The summed E-state index contributed by atoms with van der Waals surface area (Å²) in [6.45, 7) is 3.02. The first kappa shape index (κ1) is 18.6. The number of halogens is 1. The van der Waals surface area contributed by atoms with E-state index in [-0.39, 0.29) is 12.0 Å². The smallest absolute Gasteiger partial charge is 0.122 e. The van der Waals surface area contributed by atoms with E-state index in [1.54, 1.807) is 13.4 Å². The highest BCUT2D eigenvalue weighted by Crippen LogP contribution is 2.34. The van der Waals surface area contributed by atoms with Crippen LogP contribution in [0.1, 0.15) is 42.2 Å². The first-order chi connectivity index (χ1) is 12.7. The lowest BCUT2D eigenvalue weighted by Crippen LogP contribution is -2.22. The van der Waals surface area contributed by atoms with Gasteiger partial charge >= 0.3 is 0 Å². The maximum Gasteiger partial charge on any atom is 0.122 e. The quantitative estimate of drug-likeness (QED) is 0.543. The molecule has 0 aliphatic carbocycles. The lowest BCUT2D eigenvalue weighted by atomic mass is 9.92. The van der Waals surface area contributed by atoms with Crippen molar-refractivity contribution in [2.75, 3.05) is 13.7 Å². The molecule has 0 aliphatic heterocycles. The largest absolute Gasteiger partial charge is 0.496 e. The van der Waals surface area contributed by atoms with E-state index in [1.807, 2.05) is 42.5 Å². The monoisotopic (exact) mass is 369 g/mol. The molecule has 26 heavy (non-hydrogen) atoms. The van der Waals surface area contributed by atoms with Gasteiger partial charge in [-0.2, -0.15) is 0 Å². The molecule has 4 heteroatoms. The van der Waals surface area contributed by atoms with Crippen molar-refractivity contribution in [1.29, 1.82) is 0 Å². The second kappa shape index (κ2) is 8.93. The van der Waals surface area contributed by atoms with Gasteiger partial charge in [-0.3, -0.25) is 0 Å². The van der Waals surface area contributed by atoms with Crippen LogP contribution >= 0.6 is 11.6 Å². The van der Waals surface area contributed by atoms with Crippen LogP contribution in [0.2, 0.25) is 5.02 Å². The van der Waals surface area contributed by atoms with E-state index in [9.17, 15) is 0 Å². The van der Waals surface area contributed by atoms with Gasteiger partial charge in [0, 0.05) is 22.5 Å². The minimum Gasteiger partial charge on any atom is -0.496 e. The number of hydrogen-bond donors (Lipinski definition) is 1. The van der Waals surface area contributed by atoms with E-state index in [0.29, 0.717) is 0 Å². The number of furan rings is 1. The zero-order chi connectivity index (χ0) is 18.4. The molecule has 0 bridgehead atoms. The number of para-hydroxylation sites is 1. The third kappa shape index (κ3) is 4.48. The first-order valence-corrected chi connectivity index (χ1v) is 9.22. The molecule has 0 spiro atoms. The summed E-state index contributed by atoms with van der Waals surface area (Å²) in [5.74, 6) is 1.99. The van der Waals surface area contributed by atoms with Crippen molar-refractivity contribution < 1.29 is 9.15 Å². The predicted octanol–water partition coefficient (Wildman–Crippen LogP) is 5.81. The summed E-state index contributed by atoms with van der Waals surface area (Å²) >= 11 is 5.97. The highest BCUT2D eigenvalue weighted by atomic mass is 35.5. The summed E-state index contributed by atoms with van der Waals surface area (Å²) in [6.07, 6.45) is 2.63. The molecule has 3 nitrogen and oxygen atoms in total.